The molecule has 10 nitrogen and oxygen atoms in total. The van der Waals surface area contributed by atoms with Crippen LogP contribution in [0.15, 0.2) is 127 Å². The molecule has 0 spiro atoms. The number of ketones is 1. The Kier molecular flexibility index (Phi) is 8.81. The first-order valence-corrected chi connectivity index (χ1v) is 22.2. The molecule has 6 unspecified atom stereocenters. The summed E-state index contributed by atoms with van der Waals surface area (Å²) in [6, 6.07) is 34.1. The number of benzene rings is 5. The van der Waals surface area contributed by atoms with Crippen LogP contribution in [0.1, 0.15) is 52.7 Å². The Labute approximate surface area is 371 Å². The van der Waals surface area contributed by atoms with Gasteiger partial charge in [-0.1, -0.05) is 90.0 Å². The molecule has 7 aromatic rings. The zero-order chi connectivity index (χ0) is 43.6. The lowest BCUT2D eigenvalue weighted by atomic mass is 9.51. The number of amides is 4. The van der Waals surface area contributed by atoms with Crippen LogP contribution in [-0.4, -0.2) is 44.3 Å². The lowest BCUT2D eigenvalue weighted by Gasteiger charge is -2.49. The highest BCUT2D eigenvalue weighted by atomic mass is 35.5. The van der Waals surface area contributed by atoms with E-state index in [9.17, 15) is 19.5 Å². The van der Waals surface area contributed by atoms with Crippen LogP contribution in [-0.2, 0) is 26.2 Å². The van der Waals surface area contributed by atoms with Crippen LogP contribution in [0.2, 0.25) is 5.02 Å². The van der Waals surface area contributed by atoms with Gasteiger partial charge in [0.05, 0.1) is 33.7 Å². The normalized spacial score (nSPS) is 24.3. The van der Waals surface area contributed by atoms with Crippen LogP contribution in [0.25, 0.3) is 31.4 Å². The van der Waals surface area contributed by atoms with Gasteiger partial charge in [0.25, 0.3) is 0 Å². The maximum absolute atomic E-state index is 15.4. The van der Waals surface area contributed by atoms with E-state index in [0.717, 1.165) is 31.5 Å². The number of carbonyl (C=O) groups is 5. The summed E-state index contributed by atoms with van der Waals surface area (Å²) in [6.45, 7) is 3.81. The quantitative estimate of drug-likeness (QED) is 0.100. The van der Waals surface area contributed by atoms with E-state index >= 15 is 9.59 Å². The predicted octanol–water partition coefficient (Wildman–Crippen LogP) is 9.79. The van der Waals surface area contributed by atoms with Crippen molar-refractivity contribution in [1.29, 1.82) is 0 Å². The Hall–Kier alpha value is -6.69. The molecule has 1 N–H and O–H groups in total. The Balaban J connectivity index is 0.997. The molecule has 2 saturated heterocycles. The number of fused-ring (bicyclic) bond motifs is 6. The van der Waals surface area contributed by atoms with Crippen molar-refractivity contribution >= 4 is 84.7 Å². The number of anilines is 2. The van der Waals surface area contributed by atoms with Gasteiger partial charge in [0.1, 0.15) is 17.3 Å². The Morgan fingerprint density at radius 1 is 0.810 bits per heavy atom. The fourth-order valence-corrected chi connectivity index (χ4v) is 12.4. The van der Waals surface area contributed by atoms with Crippen molar-refractivity contribution in [2.75, 3.05) is 9.80 Å². The summed E-state index contributed by atoms with van der Waals surface area (Å²) in [5.74, 6) is -5.27. The minimum atomic E-state index is -1.38. The largest absolute Gasteiger partial charge is 0.507 e. The minimum absolute atomic E-state index is 0.00389. The number of aromatic hydroxyl groups is 1. The number of carbonyl (C=O) groups excluding carboxylic acids is 5. The summed E-state index contributed by atoms with van der Waals surface area (Å²) in [4.78, 5) is 76.2. The monoisotopic (exact) mass is 870 g/mol. The van der Waals surface area contributed by atoms with E-state index in [1.807, 2.05) is 80.6 Å². The van der Waals surface area contributed by atoms with Gasteiger partial charge in [-0.2, -0.15) is 5.10 Å². The number of allylic oxidation sites excluding steroid dienone is 2. The summed E-state index contributed by atoms with van der Waals surface area (Å²) in [5.41, 5.74) is 2.77. The second-order valence-corrected chi connectivity index (χ2v) is 18.8. The maximum atomic E-state index is 15.4. The first kappa shape index (κ1) is 39.2. The van der Waals surface area contributed by atoms with Gasteiger partial charge in [-0.15, -0.1) is 11.3 Å². The van der Waals surface area contributed by atoms with Gasteiger partial charge in [0.2, 0.25) is 23.6 Å². The van der Waals surface area contributed by atoms with Crippen LogP contribution in [0, 0.1) is 36.0 Å². The molecule has 11 rings (SSSR count). The predicted molar refractivity (Wildman–Crippen MR) is 243 cm³/mol. The number of aryl methyl sites for hydroxylation is 2. The summed E-state index contributed by atoms with van der Waals surface area (Å²) in [6.07, 6.45) is 2.36. The van der Waals surface area contributed by atoms with E-state index in [1.165, 1.54) is 9.80 Å². The van der Waals surface area contributed by atoms with Crippen molar-refractivity contribution in [3.63, 3.8) is 0 Å². The Bertz CT molecular complexity index is 3190. The molecule has 4 heterocycles. The fourth-order valence-electron chi connectivity index (χ4n) is 11.1. The zero-order valence-electron chi connectivity index (χ0n) is 34.4. The Morgan fingerprint density at radius 3 is 2.32 bits per heavy atom. The summed E-state index contributed by atoms with van der Waals surface area (Å²) < 4.78 is 2.59. The third-order valence-corrected chi connectivity index (χ3v) is 15.7. The molecule has 4 aliphatic rings. The number of aromatic nitrogens is 2. The van der Waals surface area contributed by atoms with Gasteiger partial charge >= 0.3 is 0 Å². The van der Waals surface area contributed by atoms with Crippen LogP contribution < -0.4 is 9.80 Å². The third kappa shape index (κ3) is 5.62. The second kappa shape index (κ2) is 14.2. The van der Waals surface area contributed by atoms with Gasteiger partial charge in [-0.05, 0) is 91.4 Å². The van der Waals surface area contributed by atoms with E-state index in [4.69, 9.17) is 16.7 Å². The van der Waals surface area contributed by atoms with Gasteiger partial charge in [0.15, 0.2) is 5.78 Å². The molecule has 3 fully saturated rings. The van der Waals surface area contributed by atoms with Crippen molar-refractivity contribution < 1.29 is 29.1 Å². The first-order chi connectivity index (χ1) is 30.4. The molecule has 0 bridgehead atoms. The molecule has 312 valence electrons. The summed E-state index contributed by atoms with van der Waals surface area (Å²) >= 11 is 7.91. The SMILES string of the molecule is Cc1c(-c2cc(N3C(=O)C4CC5C(=CCC6C(=O)N(c7ccc(C(=O)c8ccccc8)cc7)C(=O)C65)C(c5ccc6ccccc6c5O)C4(C)C3=O)n(C)n2)sc2ccc(Cl)cc12. The smallest absolute Gasteiger partial charge is 0.242 e. The standard InChI is InChI=1S/C51H39ClN4O6S/c1-26-36-23-30(52)16-22-40(36)63-46(26)39-25-41(54(3)53-39)56-48(60)38-24-37-33(43(51(38,2)50(56)62)35-19-15-27-9-7-8-12-32(27)45(35)58)20-21-34-42(37)49(61)55(47(34)59)31-17-13-29(14-18-31)44(57)28-10-5-4-6-11-28/h4-20,22-23,25,34,37-38,42-43,58H,21,24H2,1-3H3. The minimum Gasteiger partial charge on any atom is -0.507 e. The topological polar surface area (TPSA) is 130 Å². The van der Waals surface area contributed by atoms with Crippen molar-refractivity contribution in [3.05, 3.63) is 154 Å². The van der Waals surface area contributed by atoms with Crippen LogP contribution in [0.3, 0.4) is 0 Å². The number of halogens is 1. The number of hydrogen-bond acceptors (Lipinski definition) is 8. The molecular weight excluding hydrogens is 832 g/mol. The number of hydrogen-bond donors (Lipinski definition) is 1. The molecule has 6 atom stereocenters. The summed E-state index contributed by atoms with van der Waals surface area (Å²) in [7, 11) is 1.71. The highest BCUT2D eigenvalue weighted by Crippen LogP contribution is 2.65. The van der Waals surface area contributed by atoms with E-state index in [1.54, 1.807) is 77.7 Å². The second-order valence-electron chi connectivity index (χ2n) is 17.3. The number of nitrogens with zero attached hydrogens (tertiary/aromatic N) is 4. The van der Waals surface area contributed by atoms with Crippen LogP contribution >= 0.6 is 22.9 Å². The lowest BCUT2D eigenvalue weighted by molar-refractivity contribution is -0.131. The maximum Gasteiger partial charge on any atom is 0.242 e. The van der Waals surface area contributed by atoms with E-state index in [2.05, 4.69) is 0 Å². The molecule has 1 saturated carbocycles. The highest BCUT2D eigenvalue weighted by Gasteiger charge is 2.68. The molecular formula is C51H39ClN4O6S. The average molecular weight is 871 g/mol. The lowest BCUT2D eigenvalue weighted by Crippen LogP contribution is -2.49. The average Bonchev–Trinajstić information content (AvgIpc) is 3.97. The summed E-state index contributed by atoms with van der Waals surface area (Å²) in [5, 5.41) is 20.0. The molecule has 0 radical (unpaired) electrons. The van der Waals surface area contributed by atoms with Crippen LogP contribution in [0.4, 0.5) is 11.5 Å². The number of phenolic OH excluding ortho intramolecular Hbond substituents is 1. The van der Waals surface area contributed by atoms with Gasteiger partial charge in [-0.3, -0.25) is 33.6 Å². The zero-order valence-corrected chi connectivity index (χ0v) is 36.0. The first-order valence-electron chi connectivity index (χ1n) is 21.0. The van der Waals surface area contributed by atoms with Crippen molar-refractivity contribution in [1.82, 2.24) is 9.78 Å². The highest BCUT2D eigenvalue weighted by molar-refractivity contribution is 7.22. The van der Waals surface area contributed by atoms with Crippen molar-refractivity contribution in [3.8, 4) is 16.3 Å². The molecule has 2 aliphatic carbocycles. The van der Waals surface area contributed by atoms with E-state index in [0.29, 0.717) is 44.3 Å². The van der Waals surface area contributed by atoms with Crippen molar-refractivity contribution in [2.45, 2.75) is 32.6 Å². The molecule has 2 aliphatic heterocycles. The van der Waals surface area contributed by atoms with E-state index in [-0.39, 0.29) is 30.3 Å². The van der Waals surface area contributed by atoms with Crippen LogP contribution in [0.5, 0.6) is 5.75 Å². The Morgan fingerprint density at radius 2 is 1.54 bits per heavy atom. The van der Waals surface area contributed by atoms with E-state index < -0.39 is 52.7 Å². The van der Waals surface area contributed by atoms with Gasteiger partial charge in [-0.25, -0.2) is 4.90 Å². The fraction of sp³-hybridized carbons (Fsp3) is 0.216. The van der Waals surface area contributed by atoms with Gasteiger partial charge < -0.3 is 5.11 Å². The number of phenols is 1. The number of rotatable bonds is 6. The molecule has 5 aromatic carbocycles. The number of thiophene rings is 1. The molecule has 4 amide bonds. The van der Waals surface area contributed by atoms with Crippen molar-refractivity contribution in [2.24, 2.45) is 36.1 Å². The molecule has 63 heavy (non-hydrogen) atoms. The molecule has 12 heteroatoms. The number of imide groups is 2. The van der Waals surface area contributed by atoms with Gasteiger partial charge in [0, 0.05) is 50.8 Å². The third-order valence-electron chi connectivity index (χ3n) is 14.2. The molecule has 2 aromatic heterocycles.